The second-order valence-electron chi connectivity index (χ2n) is 5.08. The molecule has 0 aliphatic carbocycles. The largest absolute Gasteiger partial charge is 0.346 e. The van der Waals surface area contributed by atoms with E-state index in [9.17, 15) is 4.79 Å². The number of hydrogen-bond acceptors (Lipinski definition) is 1. The average molecular weight is 298 g/mol. The molecule has 0 saturated carbocycles. The molecule has 0 N–H and O–H groups in total. The highest BCUT2D eigenvalue weighted by molar-refractivity contribution is 6.35. The van der Waals surface area contributed by atoms with Gasteiger partial charge in [0.1, 0.15) is 0 Å². The zero-order valence-corrected chi connectivity index (χ0v) is 12.4. The molecule has 2 nitrogen and oxygen atoms in total. The van der Waals surface area contributed by atoms with E-state index in [4.69, 9.17) is 11.6 Å². The van der Waals surface area contributed by atoms with Crippen LogP contribution in [0, 0.1) is 0 Å². The zero-order valence-electron chi connectivity index (χ0n) is 11.6. The molecule has 0 bridgehead atoms. The molecular formula is C18H16ClNO. The van der Waals surface area contributed by atoms with Gasteiger partial charge < -0.3 is 4.57 Å². The minimum absolute atomic E-state index is 0.193. The molecule has 0 aliphatic rings. The van der Waals surface area contributed by atoms with Crippen LogP contribution in [-0.2, 0) is 6.54 Å². The maximum Gasteiger partial charge on any atom is 0.162 e. The van der Waals surface area contributed by atoms with Crippen molar-refractivity contribution in [3.05, 3.63) is 71.4 Å². The lowest BCUT2D eigenvalue weighted by molar-refractivity contribution is 0.0978. The normalized spacial score (nSPS) is 10.9. The fourth-order valence-corrected chi connectivity index (χ4v) is 2.87. The lowest BCUT2D eigenvalue weighted by Gasteiger charge is -2.06. The monoisotopic (exact) mass is 297 g/mol. The highest BCUT2D eigenvalue weighted by Crippen LogP contribution is 2.24. The second kappa shape index (κ2) is 6.15. The Labute approximate surface area is 129 Å². The molecular weight excluding hydrogens is 282 g/mol. The third kappa shape index (κ3) is 3.01. The van der Waals surface area contributed by atoms with Gasteiger partial charge in [-0.05, 0) is 18.6 Å². The van der Waals surface area contributed by atoms with Crippen LogP contribution in [0.1, 0.15) is 23.2 Å². The van der Waals surface area contributed by atoms with Gasteiger partial charge in [0.15, 0.2) is 5.78 Å². The summed E-state index contributed by atoms with van der Waals surface area (Å²) in [5.74, 6) is 0.193. The van der Waals surface area contributed by atoms with Crippen LogP contribution in [0.5, 0.6) is 0 Å². The molecule has 0 spiro atoms. The van der Waals surface area contributed by atoms with Gasteiger partial charge in [0.25, 0.3) is 0 Å². The molecule has 0 saturated heterocycles. The van der Waals surface area contributed by atoms with Crippen molar-refractivity contribution in [3.63, 3.8) is 0 Å². The molecule has 106 valence electrons. The molecule has 0 unspecified atom stereocenters. The second-order valence-corrected chi connectivity index (χ2v) is 5.49. The van der Waals surface area contributed by atoms with Gasteiger partial charge in [-0.3, -0.25) is 4.79 Å². The number of aryl methyl sites for hydroxylation is 1. The number of aromatic nitrogens is 1. The number of nitrogens with zero attached hydrogens (tertiary/aromatic N) is 1. The van der Waals surface area contributed by atoms with Crippen molar-refractivity contribution in [3.8, 4) is 0 Å². The highest BCUT2D eigenvalue weighted by Gasteiger charge is 2.07. The maximum absolute atomic E-state index is 12.1. The van der Waals surface area contributed by atoms with Crippen molar-refractivity contribution in [2.24, 2.45) is 0 Å². The van der Waals surface area contributed by atoms with Gasteiger partial charge in [0.05, 0.1) is 10.5 Å². The number of benzene rings is 2. The number of hydrogen-bond donors (Lipinski definition) is 0. The number of rotatable bonds is 5. The number of para-hydroxylation sites is 1. The Morgan fingerprint density at radius 2 is 1.81 bits per heavy atom. The Bertz CT molecular complexity index is 761. The van der Waals surface area contributed by atoms with E-state index < -0.39 is 0 Å². The van der Waals surface area contributed by atoms with E-state index in [1.165, 1.54) is 0 Å². The zero-order chi connectivity index (χ0) is 14.7. The number of halogens is 1. The Morgan fingerprint density at radius 3 is 2.62 bits per heavy atom. The first kappa shape index (κ1) is 13.9. The van der Waals surface area contributed by atoms with Crippen molar-refractivity contribution in [1.82, 2.24) is 4.57 Å². The van der Waals surface area contributed by atoms with Gasteiger partial charge in [-0.2, -0.15) is 0 Å². The molecule has 1 aromatic heterocycles. The molecule has 1 heterocycles. The lowest BCUT2D eigenvalue weighted by Crippen LogP contribution is -2.02. The molecule has 3 aromatic rings. The number of fused-ring (bicyclic) bond motifs is 1. The number of carbonyl (C=O) groups excluding carboxylic acids is 1. The standard InChI is InChI=1S/C18H16ClNO/c19-16-9-4-8-15-11-13-20(18(15)16)12-5-10-17(21)14-6-2-1-3-7-14/h1-4,6-9,11,13H,5,10,12H2. The molecule has 0 amide bonds. The molecule has 3 heteroatoms. The average Bonchev–Trinajstić information content (AvgIpc) is 2.93. The van der Waals surface area contributed by atoms with Gasteiger partial charge in [0.2, 0.25) is 0 Å². The lowest BCUT2D eigenvalue weighted by atomic mass is 10.1. The van der Waals surface area contributed by atoms with E-state index in [1.807, 2.05) is 54.7 Å². The smallest absolute Gasteiger partial charge is 0.162 e. The fraction of sp³-hybridized carbons (Fsp3) is 0.167. The summed E-state index contributed by atoms with van der Waals surface area (Å²) >= 11 is 6.25. The van der Waals surface area contributed by atoms with Crippen LogP contribution >= 0.6 is 11.6 Å². The minimum Gasteiger partial charge on any atom is -0.346 e. The summed E-state index contributed by atoms with van der Waals surface area (Å²) in [7, 11) is 0. The number of carbonyl (C=O) groups is 1. The van der Waals surface area contributed by atoms with Crippen LogP contribution in [0.2, 0.25) is 5.02 Å². The van der Waals surface area contributed by atoms with Gasteiger partial charge in [-0.25, -0.2) is 0 Å². The van der Waals surface area contributed by atoms with Crippen LogP contribution in [0.25, 0.3) is 10.9 Å². The third-order valence-corrected chi connectivity index (χ3v) is 3.94. The van der Waals surface area contributed by atoms with Crippen LogP contribution in [0.4, 0.5) is 0 Å². The summed E-state index contributed by atoms with van der Waals surface area (Å²) in [5.41, 5.74) is 1.83. The molecule has 2 aromatic carbocycles. The maximum atomic E-state index is 12.1. The topological polar surface area (TPSA) is 22.0 Å². The Morgan fingerprint density at radius 1 is 1.00 bits per heavy atom. The molecule has 0 fully saturated rings. The molecule has 21 heavy (non-hydrogen) atoms. The Kier molecular flexibility index (Phi) is 4.07. The summed E-state index contributed by atoms with van der Waals surface area (Å²) in [6.45, 7) is 0.797. The predicted molar refractivity (Wildman–Crippen MR) is 87.0 cm³/mol. The fourth-order valence-electron chi connectivity index (χ4n) is 2.58. The van der Waals surface area contributed by atoms with Gasteiger partial charge >= 0.3 is 0 Å². The van der Waals surface area contributed by atoms with Crippen molar-refractivity contribution in [2.75, 3.05) is 0 Å². The number of ketones is 1. The van der Waals surface area contributed by atoms with Crippen LogP contribution in [-0.4, -0.2) is 10.4 Å². The Hall–Kier alpha value is -2.06. The van der Waals surface area contributed by atoms with Gasteiger partial charge in [0, 0.05) is 30.1 Å². The molecule has 0 atom stereocenters. The number of Topliss-reactive ketones (excluding diaryl/α,β-unsaturated/α-hetero) is 1. The first-order valence-corrected chi connectivity index (χ1v) is 7.45. The summed E-state index contributed by atoms with van der Waals surface area (Å²) in [5, 5.41) is 1.89. The quantitative estimate of drug-likeness (QED) is 0.610. The van der Waals surface area contributed by atoms with E-state index in [0.717, 1.165) is 34.5 Å². The molecule has 3 rings (SSSR count). The first-order valence-electron chi connectivity index (χ1n) is 7.07. The summed E-state index contributed by atoms with van der Waals surface area (Å²) in [6, 6.07) is 17.4. The van der Waals surface area contributed by atoms with Gasteiger partial charge in [-0.1, -0.05) is 54.1 Å². The third-order valence-electron chi connectivity index (χ3n) is 3.64. The summed E-state index contributed by atoms with van der Waals surface area (Å²) in [6.07, 6.45) is 3.39. The van der Waals surface area contributed by atoms with E-state index in [1.54, 1.807) is 0 Å². The van der Waals surface area contributed by atoms with Crippen molar-refractivity contribution < 1.29 is 4.79 Å². The predicted octanol–water partition coefficient (Wildman–Crippen LogP) is 4.96. The van der Waals surface area contributed by atoms with Crippen molar-refractivity contribution in [2.45, 2.75) is 19.4 Å². The van der Waals surface area contributed by atoms with Gasteiger partial charge in [-0.15, -0.1) is 0 Å². The Balaban J connectivity index is 1.66. The van der Waals surface area contributed by atoms with Crippen LogP contribution in [0.15, 0.2) is 60.8 Å². The summed E-state index contributed by atoms with van der Waals surface area (Å²) in [4.78, 5) is 12.1. The molecule has 0 aliphatic heterocycles. The minimum atomic E-state index is 0.193. The van der Waals surface area contributed by atoms with E-state index >= 15 is 0 Å². The van der Waals surface area contributed by atoms with Crippen LogP contribution in [0.3, 0.4) is 0 Å². The van der Waals surface area contributed by atoms with Crippen LogP contribution < -0.4 is 0 Å². The highest BCUT2D eigenvalue weighted by atomic mass is 35.5. The van der Waals surface area contributed by atoms with E-state index in [-0.39, 0.29) is 5.78 Å². The van der Waals surface area contributed by atoms with Crippen molar-refractivity contribution in [1.29, 1.82) is 0 Å². The van der Waals surface area contributed by atoms with E-state index in [2.05, 4.69) is 10.6 Å². The SMILES string of the molecule is O=C(CCCn1ccc2cccc(Cl)c21)c1ccccc1. The van der Waals surface area contributed by atoms with E-state index in [0.29, 0.717) is 6.42 Å². The molecule has 0 radical (unpaired) electrons. The first-order chi connectivity index (χ1) is 10.3. The summed E-state index contributed by atoms with van der Waals surface area (Å²) < 4.78 is 2.12. The van der Waals surface area contributed by atoms with Crippen molar-refractivity contribution >= 4 is 28.3 Å².